The Morgan fingerprint density at radius 3 is 1.90 bits per heavy atom. The van der Waals surface area contributed by atoms with Gasteiger partial charge >= 0.3 is 0 Å². The summed E-state index contributed by atoms with van der Waals surface area (Å²) in [5.74, 6) is 0.435. The molecule has 1 aliphatic rings. The van der Waals surface area contributed by atoms with Crippen LogP contribution in [-0.2, 0) is 0 Å². The fraction of sp³-hybridized carbons (Fsp3) is 0.0435. The van der Waals surface area contributed by atoms with Gasteiger partial charge in [0.2, 0.25) is 0 Å². The number of benzene rings is 7. The minimum absolute atomic E-state index is 0.435. The monoisotopic (exact) mass is 615 g/mol. The summed E-state index contributed by atoms with van der Waals surface area (Å²) in [4.78, 5) is 2.32. The molecular formula is C46H33NO. The molecule has 1 atom stereocenters. The Labute approximate surface area is 280 Å². The molecule has 2 nitrogen and oxygen atoms in total. The van der Waals surface area contributed by atoms with Crippen molar-refractivity contribution in [3.63, 3.8) is 0 Å². The number of para-hydroxylation sites is 1. The highest BCUT2D eigenvalue weighted by Crippen LogP contribution is 2.39. The van der Waals surface area contributed by atoms with Crippen LogP contribution in [-0.4, -0.2) is 0 Å². The first-order valence-corrected chi connectivity index (χ1v) is 16.6. The Kier molecular flexibility index (Phi) is 6.98. The molecule has 0 amide bonds. The highest BCUT2D eigenvalue weighted by atomic mass is 16.3. The smallest absolute Gasteiger partial charge is 0.136 e. The summed E-state index contributed by atoms with van der Waals surface area (Å²) in [5.41, 5.74) is 11.2. The van der Waals surface area contributed by atoms with Crippen molar-refractivity contribution in [2.75, 3.05) is 4.90 Å². The maximum absolute atomic E-state index is 6.39. The summed E-state index contributed by atoms with van der Waals surface area (Å²) < 4.78 is 6.39. The maximum Gasteiger partial charge on any atom is 0.136 e. The lowest BCUT2D eigenvalue weighted by atomic mass is 9.92. The third-order valence-corrected chi connectivity index (χ3v) is 9.59. The van der Waals surface area contributed by atoms with Gasteiger partial charge in [-0.05, 0) is 112 Å². The number of anilines is 3. The second kappa shape index (κ2) is 11.9. The molecule has 8 aromatic rings. The van der Waals surface area contributed by atoms with Crippen LogP contribution in [0.3, 0.4) is 0 Å². The fourth-order valence-corrected chi connectivity index (χ4v) is 7.03. The van der Waals surface area contributed by atoms with Crippen LogP contribution < -0.4 is 4.90 Å². The summed E-state index contributed by atoms with van der Waals surface area (Å²) in [7, 11) is 0. The van der Waals surface area contributed by atoms with Crippen molar-refractivity contribution in [3.05, 3.63) is 188 Å². The van der Waals surface area contributed by atoms with E-state index in [1.807, 2.05) is 0 Å². The molecular weight excluding hydrogens is 583 g/mol. The van der Waals surface area contributed by atoms with Crippen LogP contribution in [0.4, 0.5) is 17.1 Å². The average Bonchev–Trinajstić information content (AvgIpc) is 3.53. The molecule has 0 N–H and O–H groups in total. The molecule has 0 saturated carbocycles. The van der Waals surface area contributed by atoms with E-state index in [1.54, 1.807) is 0 Å². The normalized spacial score (nSPS) is 14.2. The molecule has 1 heterocycles. The van der Waals surface area contributed by atoms with Crippen molar-refractivity contribution >= 4 is 49.8 Å². The van der Waals surface area contributed by atoms with Gasteiger partial charge in [-0.2, -0.15) is 0 Å². The van der Waals surface area contributed by atoms with Crippen LogP contribution in [0.2, 0.25) is 0 Å². The SMILES string of the molecule is C1=CCC(c2ccc(N(c3ccccc3)c3ccc(-c4ccc5c(c4)oc4ccc(-c6ccc7ccccc7c6)cc45)cc3)cc2)C=C1. The van der Waals surface area contributed by atoms with Gasteiger partial charge in [0.25, 0.3) is 0 Å². The summed E-state index contributed by atoms with van der Waals surface area (Å²) in [6.45, 7) is 0. The lowest BCUT2D eigenvalue weighted by Crippen LogP contribution is -2.10. The third-order valence-electron chi connectivity index (χ3n) is 9.59. The molecule has 1 aromatic heterocycles. The van der Waals surface area contributed by atoms with Crippen molar-refractivity contribution in [1.82, 2.24) is 0 Å². The Balaban J connectivity index is 1.03. The van der Waals surface area contributed by atoms with E-state index in [1.165, 1.54) is 27.5 Å². The van der Waals surface area contributed by atoms with Gasteiger partial charge in [-0.3, -0.25) is 0 Å². The Hall–Kier alpha value is -6.12. The van der Waals surface area contributed by atoms with Crippen molar-refractivity contribution < 1.29 is 4.42 Å². The predicted molar refractivity (Wildman–Crippen MR) is 202 cm³/mol. The summed E-state index contributed by atoms with van der Waals surface area (Å²) in [5, 5.41) is 4.77. The van der Waals surface area contributed by atoms with Crippen LogP contribution in [0.15, 0.2) is 186 Å². The highest BCUT2D eigenvalue weighted by molar-refractivity contribution is 6.07. The fourth-order valence-electron chi connectivity index (χ4n) is 7.03. The lowest BCUT2D eigenvalue weighted by Gasteiger charge is -2.26. The zero-order valence-electron chi connectivity index (χ0n) is 26.5. The van der Waals surface area contributed by atoms with Gasteiger partial charge in [0.15, 0.2) is 0 Å². The van der Waals surface area contributed by atoms with Gasteiger partial charge in [-0.15, -0.1) is 0 Å². The van der Waals surface area contributed by atoms with Gasteiger partial charge in [0.1, 0.15) is 11.2 Å². The van der Waals surface area contributed by atoms with Crippen LogP contribution in [0.25, 0.3) is 55.0 Å². The Bertz CT molecular complexity index is 2470. The molecule has 0 radical (unpaired) electrons. The average molecular weight is 616 g/mol. The summed E-state index contributed by atoms with van der Waals surface area (Å²) >= 11 is 0. The summed E-state index contributed by atoms with van der Waals surface area (Å²) in [6, 6.07) is 56.7. The van der Waals surface area contributed by atoms with Gasteiger partial charge in [0, 0.05) is 33.8 Å². The Morgan fingerprint density at radius 2 is 1.10 bits per heavy atom. The minimum Gasteiger partial charge on any atom is -0.456 e. The Morgan fingerprint density at radius 1 is 0.458 bits per heavy atom. The van der Waals surface area contributed by atoms with Crippen LogP contribution >= 0.6 is 0 Å². The largest absolute Gasteiger partial charge is 0.456 e. The van der Waals surface area contributed by atoms with Crippen LogP contribution in [0, 0.1) is 0 Å². The van der Waals surface area contributed by atoms with E-state index in [-0.39, 0.29) is 0 Å². The van der Waals surface area contributed by atoms with Crippen LogP contribution in [0.5, 0.6) is 0 Å². The quantitative estimate of drug-likeness (QED) is 0.185. The van der Waals surface area contributed by atoms with Gasteiger partial charge < -0.3 is 9.32 Å². The van der Waals surface area contributed by atoms with E-state index in [2.05, 4.69) is 187 Å². The molecule has 2 heteroatoms. The van der Waals surface area contributed by atoms with Crippen molar-refractivity contribution in [2.45, 2.75) is 12.3 Å². The summed E-state index contributed by atoms with van der Waals surface area (Å²) in [6.07, 6.45) is 9.85. The van der Waals surface area contributed by atoms with Crippen molar-refractivity contribution in [3.8, 4) is 22.3 Å². The molecule has 7 aromatic carbocycles. The molecule has 228 valence electrons. The van der Waals surface area contributed by atoms with E-state index in [4.69, 9.17) is 4.42 Å². The van der Waals surface area contributed by atoms with E-state index in [9.17, 15) is 0 Å². The molecule has 0 fully saturated rings. The number of nitrogens with zero attached hydrogens (tertiary/aromatic N) is 1. The second-order valence-electron chi connectivity index (χ2n) is 12.6. The first-order chi connectivity index (χ1) is 23.8. The van der Waals surface area contributed by atoms with E-state index in [0.29, 0.717) is 5.92 Å². The molecule has 1 aliphatic carbocycles. The molecule has 0 aliphatic heterocycles. The molecule has 9 rings (SSSR count). The zero-order chi connectivity index (χ0) is 31.9. The number of hydrogen-bond acceptors (Lipinski definition) is 2. The minimum atomic E-state index is 0.435. The van der Waals surface area contributed by atoms with E-state index in [0.717, 1.165) is 56.5 Å². The zero-order valence-corrected chi connectivity index (χ0v) is 26.5. The molecule has 48 heavy (non-hydrogen) atoms. The van der Waals surface area contributed by atoms with E-state index < -0.39 is 0 Å². The first kappa shape index (κ1) is 28.1. The third kappa shape index (κ3) is 5.18. The number of allylic oxidation sites excluding steroid dienone is 4. The number of furan rings is 1. The van der Waals surface area contributed by atoms with Gasteiger partial charge in [-0.1, -0.05) is 115 Å². The van der Waals surface area contributed by atoms with Gasteiger partial charge in [-0.25, -0.2) is 0 Å². The van der Waals surface area contributed by atoms with Crippen molar-refractivity contribution in [1.29, 1.82) is 0 Å². The number of hydrogen-bond donors (Lipinski definition) is 0. The first-order valence-electron chi connectivity index (χ1n) is 16.6. The standard InChI is InChI=1S/C46H33NO/c1-3-9-32(10-4-1)34-17-23-41(24-18-34)47(40-13-5-2-6-14-40)42-25-19-35(20-26-42)39-21-27-43-44-30-38(22-28-45(44)48-46(43)31-39)37-16-15-33-11-7-8-12-36(33)29-37/h1-9,11-32H,10H2. The molecule has 0 saturated heterocycles. The molecule has 1 unspecified atom stereocenters. The molecule has 0 bridgehead atoms. The maximum atomic E-state index is 6.39. The van der Waals surface area contributed by atoms with Crippen LogP contribution in [0.1, 0.15) is 17.9 Å². The van der Waals surface area contributed by atoms with Gasteiger partial charge in [0.05, 0.1) is 0 Å². The molecule has 0 spiro atoms. The van der Waals surface area contributed by atoms with E-state index >= 15 is 0 Å². The number of fused-ring (bicyclic) bond motifs is 4. The topological polar surface area (TPSA) is 16.4 Å². The highest BCUT2D eigenvalue weighted by Gasteiger charge is 2.15. The second-order valence-corrected chi connectivity index (χ2v) is 12.6. The predicted octanol–water partition coefficient (Wildman–Crippen LogP) is 13.1. The lowest BCUT2D eigenvalue weighted by molar-refractivity contribution is 0.669. The number of rotatable bonds is 6. The van der Waals surface area contributed by atoms with Crippen molar-refractivity contribution in [2.24, 2.45) is 0 Å².